The van der Waals surface area contributed by atoms with Crippen LogP contribution in [0.5, 0.6) is 0 Å². The first-order chi connectivity index (χ1) is 12.1. The molecular formula is C16H23N7O2. The van der Waals surface area contributed by atoms with Crippen LogP contribution in [0.15, 0.2) is 35.6 Å². The Hall–Kier alpha value is -3.10. The lowest BCUT2D eigenvalue weighted by Crippen LogP contribution is -2.37. The second kappa shape index (κ2) is 9.26. The predicted molar refractivity (Wildman–Crippen MR) is 95.1 cm³/mol. The van der Waals surface area contributed by atoms with Gasteiger partial charge in [0.15, 0.2) is 5.96 Å². The largest absolute Gasteiger partial charge is 0.453 e. The number of amides is 1. The van der Waals surface area contributed by atoms with Crippen LogP contribution in [0.25, 0.3) is 0 Å². The molecule has 0 atom stereocenters. The van der Waals surface area contributed by atoms with Gasteiger partial charge in [0, 0.05) is 19.3 Å². The number of hydrogen-bond acceptors (Lipinski definition) is 5. The maximum Gasteiger partial charge on any atom is 0.411 e. The van der Waals surface area contributed by atoms with Gasteiger partial charge in [-0.05, 0) is 24.6 Å². The van der Waals surface area contributed by atoms with Crippen molar-refractivity contribution in [3.05, 3.63) is 42.0 Å². The van der Waals surface area contributed by atoms with Crippen LogP contribution in [0, 0.1) is 0 Å². The van der Waals surface area contributed by atoms with E-state index in [1.165, 1.54) is 13.4 Å². The van der Waals surface area contributed by atoms with Crippen molar-refractivity contribution in [2.45, 2.75) is 20.0 Å². The van der Waals surface area contributed by atoms with Crippen LogP contribution in [0.3, 0.4) is 0 Å². The Bertz CT molecular complexity index is 710. The number of guanidine groups is 1. The fourth-order valence-electron chi connectivity index (χ4n) is 2.02. The number of methoxy groups -OCH3 is 1. The van der Waals surface area contributed by atoms with Gasteiger partial charge in [0.05, 0.1) is 20.2 Å². The molecule has 0 unspecified atom stereocenters. The smallest absolute Gasteiger partial charge is 0.411 e. The Morgan fingerprint density at radius 3 is 2.64 bits per heavy atom. The summed E-state index contributed by atoms with van der Waals surface area (Å²) < 4.78 is 6.27. The highest BCUT2D eigenvalue weighted by atomic mass is 16.5. The SMILES string of the molecule is CCNC(=NCc1ccc(NC(=O)OC)cc1)NCc1ncnn1C. The first-order valence-electron chi connectivity index (χ1n) is 7.91. The molecule has 1 amide bonds. The van der Waals surface area contributed by atoms with Gasteiger partial charge in [-0.3, -0.25) is 10.00 Å². The lowest BCUT2D eigenvalue weighted by atomic mass is 10.2. The summed E-state index contributed by atoms with van der Waals surface area (Å²) >= 11 is 0. The van der Waals surface area contributed by atoms with Crippen molar-refractivity contribution in [1.29, 1.82) is 0 Å². The normalized spacial score (nSPS) is 11.1. The molecule has 2 aromatic rings. The Morgan fingerprint density at radius 1 is 1.28 bits per heavy atom. The predicted octanol–water partition coefficient (Wildman–Crippen LogP) is 1.25. The molecule has 3 N–H and O–H groups in total. The molecule has 0 aliphatic carbocycles. The Balaban J connectivity index is 1.93. The van der Waals surface area contributed by atoms with Crippen LogP contribution in [-0.4, -0.2) is 40.5 Å². The third-order valence-electron chi connectivity index (χ3n) is 3.37. The first kappa shape index (κ1) is 18.2. The second-order valence-electron chi connectivity index (χ2n) is 5.16. The van der Waals surface area contributed by atoms with Gasteiger partial charge in [-0.15, -0.1) is 0 Å². The number of nitrogens with one attached hydrogen (secondary N) is 3. The van der Waals surface area contributed by atoms with E-state index < -0.39 is 6.09 Å². The van der Waals surface area contributed by atoms with Gasteiger partial charge < -0.3 is 15.4 Å². The standard InChI is InChI=1S/C16H23N7O2/c1-4-17-15(19-10-14-20-11-21-23(14)2)18-9-12-5-7-13(8-6-12)22-16(24)25-3/h5-8,11H,4,9-10H2,1-3H3,(H,22,24)(H2,17,18,19). The Morgan fingerprint density at radius 2 is 2.04 bits per heavy atom. The second-order valence-corrected chi connectivity index (χ2v) is 5.16. The van der Waals surface area contributed by atoms with E-state index in [4.69, 9.17) is 0 Å². The molecular weight excluding hydrogens is 322 g/mol. The summed E-state index contributed by atoms with van der Waals surface area (Å²) in [5.41, 5.74) is 1.69. The molecule has 0 radical (unpaired) electrons. The van der Waals surface area contributed by atoms with E-state index >= 15 is 0 Å². The number of hydrogen-bond donors (Lipinski definition) is 3. The number of benzene rings is 1. The van der Waals surface area contributed by atoms with Crippen LogP contribution in [-0.2, 0) is 24.9 Å². The molecule has 2 rings (SSSR count). The summed E-state index contributed by atoms with van der Waals surface area (Å²) in [7, 11) is 3.17. The molecule has 1 aromatic heterocycles. The Kier molecular flexibility index (Phi) is 6.76. The van der Waals surface area contributed by atoms with Crippen molar-refractivity contribution in [3.8, 4) is 0 Å². The number of nitrogens with zero attached hydrogens (tertiary/aromatic N) is 4. The van der Waals surface area contributed by atoms with Crippen molar-refractivity contribution in [2.75, 3.05) is 19.0 Å². The summed E-state index contributed by atoms with van der Waals surface area (Å²) in [6, 6.07) is 7.42. The number of carbonyl (C=O) groups excluding carboxylic acids is 1. The molecule has 0 saturated heterocycles. The van der Waals surface area contributed by atoms with Gasteiger partial charge in [-0.2, -0.15) is 5.10 Å². The van der Waals surface area contributed by atoms with E-state index in [1.54, 1.807) is 4.68 Å². The minimum Gasteiger partial charge on any atom is -0.453 e. The van der Waals surface area contributed by atoms with Gasteiger partial charge in [0.25, 0.3) is 0 Å². The third kappa shape index (κ3) is 5.79. The molecule has 1 heterocycles. The van der Waals surface area contributed by atoms with E-state index in [1.807, 2.05) is 38.2 Å². The highest BCUT2D eigenvalue weighted by molar-refractivity contribution is 5.84. The number of aliphatic imine (C=N–C) groups is 1. The molecule has 0 saturated carbocycles. The fraction of sp³-hybridized carbons (Fsp3) is 0.375. The summed E-state index contributed by atoms with van der Waals surface area (Å²) in [6.07, 6.45) is 1.03. The van der Waals surface area contributed by atoms with Crippen LogP contribution >= 0.6 is 0 Å². The molecule has 9 nitrogen and oxygen atoms in total. The molecule has 9 heteroatoms. The van der Waals surface area contributed by atoms with E-state index in [-0.39, 0.29) is 0 Å². The number of aromatic nitrogens is 3. The zero-order valence-electron chi connectivity index (χ0n) is 14.6. The monoisotopic (exact) mass is 345 g/mol. The number of anilines is 1. The Labute approximate surface area is 146 Å². The van der Waals surface area contributed by atoms with Crippen molar-refractivity contribution in [2.24, 2.45) is 12.0 Å². The van der Waals surface area contributed by atoms with Gasteiger partial charge in [-0.25, -0.2) is 14.8 Å². The van der Waals surface area contributed by atoms with Crippen molar-refractivity contribution >= 4 is 17.7 Å². The van der Waals surface area contributed by atoms with Crippen LogP contribution < -0.4 is 16.0 Å². The molecule has 0 aliphatic heterocycles. The molecule has 25 heavy (non-hydrogen) atoms. The van der Waals surface area contributed by atoms with Gasteiger partial charge in [0.1, 0.15) is 12.2 Å². The topological polar surface area (TPSA) is 105 Å². The summed E-state index contributed by atoms with van der Waals surface area (Å²) in [6.45, 7) is 3.80. The maximum atomic E-state index is 11.2. The van der Waals surface area contributed by atoms with Crippen LogP contribution in [0.2, 0.25) is 0 Å². The highest BCUT2D eigenvalue weighted by Crippen LogP contribution is 2.10. The van der Waals surface area contributed by atoms with Crippen LogP contribution in [0.4, 0.5) is 10.5 Å². The average Bonchev–Trinajstić information content (AvgIpc) is 3.03. The lowest BCUT2D eigenvalue weighted by Gasteiger charge is -2.11. The van der Waals surface area contributed by atoms with Gasteiger partial charge >= 0.3 is 6.09 Å². The highest BCUT2D eigenvalue weighted by Gasteiger charge is 2.03. The summed E-state index contributed by atoms with van der Waals surface area (Å²) in [5, 5.41) is 13.1. The summed E-state index contributed by atoms with van der Waals surface area (Å²) in [4.78, 5) is 19.9. The van der Waals surface area contributed by atoms with Crippen molar-refractivity contribution < 1.29 is 9.53 Å². The quantitative estimate of drug-likeness (QED) is 0.537. The van der Waals surface area contributed by atoms with Gasteiger partial charge in [-0.1, -0.05) is 12.1 Å². The molecule has 0 bridgehead atoms. The van der Waals surface area contributed by atoms with Crippen molar-refractivity contribution in [3.63, 3.8) is 0 Å². The van der Waals surface area contributed by atoms with E-state index in [9.17, 15) is 4.79 Å². The number of carbonyl (C=O) groups is 1. The minimum atomic E-state index is -0.492. The zero-order chi connectivity index (χ0) is 18.1. The number of ether oxygens (including phenoxy) is 1. The molecule has 0 spiro atoms. The van der Waals surface area contributed by atoms with E-state index in [2.05, 4.69) is 35.8 Å². The molecule has 0 fully saturated rings. The third-order valence-corrected chi connectivity index (χ3v) is 3.37. The zero-order valence-corrected chi connectivity index (χ0v) is 14.6. The maximum absolute atomic E-state index is 11.2. The number of aryl methyl sites for hydroxylation is 1. The first-order valence-corrected chi connectivity index (χ1v) is 7.91. The van der Waals surface area contributed by atoms with Gasteiger partial charge in [0.2, 0.25) is 0 Å². The van der Waals surface area contributed by atoms with E-state index in [0.29, 0.717) is 24.7 Å². The number of rotatable bonds is 6. The fourth-order valence-corrected chi connectivity index (χ4v) is 2.02. The molecule has 1 aromatic carbocycles. The average molecular weight is 345 g/mol. The molecule has 134 valence electrons. The lowest BCUT2D eigenvalue weighted by molar-refractivity contribution is 0.187. The van der Waals surface area contributed by atoms with Crippen molar-refractivity contribution in [1.82, 2.24) is 25.4 Å². The minimum absolute atomic E-state index is 0.492. The van der Waals surface area contributed by atoms with Crippen LogP contribution in [0.1, 0.15) is 18.3 Å². The summed E-state index contributed by atoms with van der Waals surface area (Å²) in [5.74, 6) is 1.52. The molecule has 0 aliphatic rings. The van der Waals surface area contributed by atoms with E-state index in [0.717, 1.165) is 17.9 Å².